The van der Waals surface area contributed by atoms with Crippen LogP contribution < -0.4 is 0 Å². The quantitative estimate of drug-likeness (QED) is 0.769. The van der Waals surface area contributed by atoms with Crippen LogP contribution in [-0.2, 0) is 4.74 Å². The second-order valence-corrected chi connectivity index (χ2v) is 5.07. The van der Waals surface area contributed by atoms with Crippen LogP contribution in [0.2, 0.25) is 0 Å². The van der Waals surface area contributed by atoms with Crippen molar-refractivity contribution in [2.24, 2.45) is 0 Å². The van der Waals surface area contributed by atoms with Crippen molar-refractivity contribution in [2.75, 3.05) is 0 Å². The largest absolute Gasteiger partial charge is 0.449 e. The molecule has 3 rings (SSSR count). The van der Waals surface area contributed by atoms with Crippen LogP contribution in [0, 0.1) is 0 Å². The van der Waals surface area contributed by atoms with Crippen molar-refractivity contribution in [3.8, 4) is 0 Å². The lowest BCUT2D eigenvalue weighted by molar-refractivity contribution is 0.0455. The molecule has 1 atom stereocenters. The van der Waals surface area contributed by atoms with E-state index in [1.807, 2.05) is 24.3 Å². The topological polar surface area (TPSA) is 39.2 Å². The molecule has 2 heterocycles. The summed E-state index contributed by atoms with van der Waals surface area (Å²) in [5.41, 5.74) is 3.74. The van der Waals surface area contributed by atoms with Crippen LogP contribution in [0.15, 0.2) is 42.7 Å². The summed E-state index contributed by atoms with van der Waals surface area (Å²) in [4.78, 5) is 16.0. The lowest BCUT2D eigenvalue weighted by atomic mass is 9.94. The summed E-state index contributed by atoms with van der Waals surface area (Å²) < 4.78 is 5.47. The number of esters is 1. The van der Waals surface area contributed by atoms with Gasteiger partial charge in [-0.25, -0.2) is 4.79 Å². The van der Waals surface area contributed by atoms with Gasteiger partial charge in [-0.05, 0) is 23.6 Å². The van der Waals surface area contributed by atoms with Crippen molar-refractivity contribution in [1.82, 2.24) is 4.98 Å². The maximum Gasteiger partial charge on any atom is 0.339 e. The standard InChI is InChI=1S/C16H15NO2/c1-10(2)11-5-6-13-14(8-11)15(19-16(13)18)12-4-3-7-17-9-12/h3-10,15H,1-2H3. The maximum atomic E-state index is 11.9. The highest BCUT2D eigenvalue weighted by molar-refractivity contribution is 5.94. The van der Waals surface area contributed by atoms with Crippen molar-refractivity contribution in [3.05, 3.63) is 65.0 Å². The van der Waals surface area contributed by atoms with E-state index < -0.39 is 0 Å². The number of hydrogen-bond acceptors (Lipinski definition) is 3. The highest BCUT2D eigenvalue weighted by Gasteiger charge is 2.32. The number of aromatic nitrogens is 1. The molecule has 1 aliphatic rings. The zero-order valence-corrected chi connectivity index (χ0v) is 11.0. The Morgan fingerprint density at radius 2 is 2.11 bits per heavy atom. The third-order valence-electron chi connectivity index (χ3n) is 3.46. The number of hydrogen-bond donors (Lipinski definition) is 0. The van der Waals surface area contributed by atoms with Crippen molar-refractivity contribution in [3.63, 3.8) is 0 Å². The van der Waals surface area contributed by atoms with Crippen molar-refractivity contribution < 1.29 is 9.53 Å². The predicted molar refractivity (Wildman–Crippen MR) is 72.0 cm³/mol. The fraction of sp³-hybridized carbons (Fsp3) is 0.250. The van der Waals surface area contributed by atoms with Gasteiger partial charge in [-0.15, -0.1) is 0 Å². The van der Waals surface area contributed by atoms with E-state index in [9.17, 15) is 4.79 Å². The first kappa shape index (κ1) is 11.9. The summed E-state index contributed by atoms with van der Waals surface area (Å²) >= 11 is 0. The number of pyridine rings is 1. The molecule has 1 aromatic heterocycles. The van der Waals surface area contributed by atoms with Crippen LogP contribution in [0.1, 0.15) is 52.9 Å². The molecular formula is C16H15NO2. The molecule has 0 saturated heterocycles. The number of rotatable bonds is 2. The first-order chi connectivity index (χ1) is 9.16. The first-order valence-corrected chi connectivity index (χ1v) is 6.41. The van der Waals surface area contributed by atoms with Crippen molar-refractivity contribution in [1.29, 1.82) is 0 Å². The molecule has 1 aromatic carbocycles. The number of carbonyl (C=O) groups excluding carboxylic acids is 1. The average Bonchev–Trinajstić information content (AvgIpc) is 2.77. The zero-order valence-electron chi connectivity index (χ0n) is 11.0. The van der Waals surface area contributed by atoms with Crippen LogP contribution in [0.5, 0.6) is 0 Å². The number of carbonyl (C=O) groups is 1. The molecule has 0 spiro atoms. The van der Waals surface area contributed by atoms with E-state index in [2.05, 4.69) is 24.9 Å². The van der Waals surface area contributed by atoms with Gasteiger partial charge in [0.05, 0.1) is 5.56 Å². The van der Waals surface area contributed by atoms with E-state index in [0.717, 1.165) is 11.1 Å². The SMILES string of the molecule is CC(C)c1ccc2c(c1)C(c1cccnc1)OC2=O. The van der Waals surface area contributed by atoms with Crippen LogP contribution in [0.4, 0.5) is 0 Å². The van der Waals surface area contributed by atoms with E-state index in [4.69, 9.17) is 4.74 Å². The second kappa shape index (κ2) is 4.50. The Hall–Kier alpha value is -2.16. The zero-order chi connectivity index (χ0) is 13.4. The molecular weight excluding hydrogens is 238 g/mol. The highest BCUT2D eigenvalue weighted by atomic mass is 16.5. The molecule has 0 N–H and O–H groups in total. The molecule has 0 saturated carbocycles. The van der Waals surface area contributed by atoms with E-state index in [1.54, 1.807) is 12.4 Å². The molecule has 0 aliphatic carbocycles. The van der Waals surface area contributed by atoms with Crippen molar-refractivity contribution in [2.45, 2.75) is 25.9 Å². The Balaban J connectivity index is 2.09. The Morgan fingerprint density at radius 1 is 1.26 bits per heavy atom. The third-order valence-corrected chi connectivity index (χ3v) is 3.46. The number of ether oxygens (including phenoxy) is 1. The van der Waals surface area contributed by atoms with Gasteiger partial charge in [0.25, 0.3) is 0 Å². The summed E-state index contributed by atoms with van der Waals surface area (Å²) in [5, 5.41) is 0. The summed E-state index contributed by atoms with van der Waals surface area (Å²) in [6.07, 6.45) is 3.13. The van der Waals surface area contributed by atoms with Crippen LogP contribution in [0.25, 0.3) is 0 Å². The molecule has 0 fully saturated rings. The first-order valence-electron chi connectivity index (χ1n) is 6.41. The van der Waals surface area contributed by atoms with E-state index >= 15 is 0 Å². The van der Waals surface area contributed by atoms with Crippen LogP contribution in [-0.4, -0.2) is 11.0 Å². The number of cyclic esters (lactones) is 1. The van der Waals surface area contributed by atoms with E-state index in [1.165, 1.54) is 5.56 Å². The molecule has 96 valence electrons. The van der Waals surface area contributed by atoms with Gasteiger partial charge in [-0.2, -0.15) is 0 Å². The molecule has 1 aliphatic heterocycles. The highest BCUT2D eigenvalue weighted by Crippen LogP contribution is 2.36. The molecule has 19 heavy (non-hydrogen) atoms. The lowest BCUT2D eigenvalue weighted by Crippen LogP contribution is -2.01. The lowest BCUT2D eigenvalue weighted by Gasteiger charge is -2.12. The summed E-state index contributed by atoms with van der Waals surface area (Å²) in [6.45, 7) is 4.27. The minimum absolute atomic E-state index is 0.251. The Morgan fingerprint density at radius 3 is 2.79 bits per heavy atom. The van der Waals surface area contributed by atoms with Gasteiger partial charge < -0.3 is 4.74 Å². The number of fused-ring (bicyclic) bond motifs is 1. The van der Waals surface area contributed by atoms with Gasteiger partial charge >= 0.3 is 5.97 Å². The summed E-state index contributed by atoms with van der Waals surface area (Å²) in [6, 6.07) is 9.72. The minimum atomic E-state index is -0.324. The third kappa shape index (κ3) is 2.01. The number of nitrogens with zero attached hydrogens (tertiary/aromatic N) is 1. The predicted octanol–water partition coefficient (Wildman–Crippen LogP) is 3.46. The van der Waals surface area contributed by atoms with Gasteiger partial charge in [-0.3, -0.25) is 4.98 Å². The summed E-state index contributed by atoms with van der Waals surface area (Å²) in [5.74, 6) is 0.176. The summed E-state index contributed by atoms with van der Waals surface area (Å²) in [7, 11) is 0. The van der Waals surface area contributed by atoms with Gasteiger partial charge in [-0.1, -0.05) is 32.0 Å². The Labute approximate surface area is 112 Å². The normalized spacial score (nSPS) is 17.4. The monoisotopic (exact) mass is 253 g/mol. The number of benzene rings is 1. The molecule has 0 radical (unpaired) electrons. The van der Waals surface area contributed by atoms with Gasteiger partial charge in [0.2, 0.25) is 0 Å². The van der Waals surface area contributed by atoms with E-state index in [0.29, 0.717) is 11.5 Å². The van der Waals surface area contributed by atoms with E-state index in [-0.39, 0.29) is 12.1 Å². The molecule has 0 amide bonds. The van der Waals surface area contributed by atoms with Gasteiger partial charge in [0, 0.05) is 23.5 Å². The molecule has 1 unspecified atom stereocenters. The molecule has 3 nitrogen and oxygen atoms in total. The fourth-order valence-corrected chi connectivity index (χ4v) is 2.36. The maximum absolute atomic E-state index is 11.9. The van der Waals surface area contributed by atoms with Crippen molar-refractivity contribution >= 4 is 5.97 Å². The Kier molecular flexibility index (Phi) is 2.82. The van der Waals surface area contributed by atoms with Gasteiger partial charge in [0.15, 0.2) is 6.10 Å². The molecule has 0 bridgehead atoms. The second-order valence-electron chi connectivity index (χ2n) is 5.07. The van der Waals surface area contributed by atoms with Crippen LogP contribution >= 0.6 is 0 Å². The average molecular weight is 253 g/mol. The van der Waals surface area contributed by atoms with Crippen LogP contribution in [0.3, 0.4) is 0 Å². The van der Waals surface area contributed by atoms with Gasteiger partial charge in [0.1, 0.15) is 0 Å². The molecule has 2 aromatic rings. The fourth-order valence-electron chi connectivity index (χ4n) is 2.36. The minimum Gasteiger partial charge on any atom is -0.449 e. The smallest absolute Gasteiger partial charge is 0.339 e. The molecule has 3 heteroatoms. The Bertz CT molecular complexity index is 620.